The lowest BCUT2D eigenvalue weighted by Gasteiger charge is -2.36. The van der Waals surface area contributed by atoms with Crippen molar-refractivity contribution in [3.8, 4) is 0 Å². The van der Waals surface area contributed by atoms with E-state index in [-0.39, 0.29) is 29.7 Å². The van der Waals surface area contributed by atoms with E-state index in [1.54, 1.807) is 0 Å². The minimum Gasteiger partial charge on any atom is -0.469 e. The zero-order valence-electron chi connectivity index (χ0n) is 19.9. The first kappa shape index (κ1) is 27.2. The molecule has 0 saturated heterocycles. The summed E-state index contributed by atoms with van der Waals surface area (Å²) in [7, 11) is 4.18. The fourth-order valence-corrected chi connectivity index (χ4v) is 4.61. The molecule has 0 N–H and O–H groups in total. The van der Waals surface area contributed by atoms with Crippen LogP contribution in [-0.2, 0) is 28.6 Å². The second-order valence-electron chi connectivity index (χ2n) is 8.54. The Morgan fingerprint density at radius 1 is 0.645 bits per heavy atom. The van der Waals surface area contributed by atoms with Crippen molar-refractivity contribution in [1.82, 2.24) is 0 Å². The summed E-state index contributed by atoms with van der Waals surface area (Å²) in [5.74, 6) is -1.84. The topological polar surface area (TPSA) is 78.9 Å². The first-order valence-corrected chi connectivity index (χ1v) is 11.9. The highest BCUT2D eigenvalue weighted by atomic mass is 16.5. The molecule has 0 heterocycles. The normalized spacial score (nSPS) is 22.7. The van der Waals surface area contributed by atoms with Crippen molar-refractivity contribution in [3.05, 3.63) is 12.2 Å². The maximum absolute atomic E-state index is 12.7. The van der Waals surface area contributed by atoms with Gasteiger partial charge < -0.3 is 14.2 Å². The minimum atomic E-state index is -0.502. The molecule has 6 nitrogen and oxygen atoms in total. The standard InChI is InChI=1S/C25H42O6/c1-5-6-7-8-11-14-19-17-18-20(15-12-9-10-13-16-21(26)29-2)23(25(28)31-4)22(19)24(27)30-3/h17-20,22-23H,5-16H2,1-4H3/t19-,20+,22-,23+/m0/s1. The van der Waals surface area contributed by atoms with E-state index in [0.717, 1.165) is 51.4 Å². The van der Waals surface area contributed by atoms with Crippen LogP contribution in [0.3, 0.4) is 0 Å². The molecular weight excluding hydrogens is 396 g/mol. The zero-order valence-corrected chi connectivity index (χ0v) is 19.9. The van der Waals surface area contributed by atoms with E-state index in [2.05, 4.69) is 23.8 Å². The maximum Gasteiger partial charge on any atom is 0.310 e. The molecular formula is C25H42O6. The fourth-order valence-electron chi connectivity index (χ4n) is 4.61. The summed E-state index contributed by atoms with van der Waals surface area (Å²) in [5.41, 5.74) is 0. The molecule has 0 radical (unpaired) electrons. The van der Waals surface area contributed by atoms with Crippen LogP contribution in [0, 0.1) is 23.7 Å². The van der Waals surface area contributed by atoms with Crippen LogP contribution in [0.1, 0.15) is 84.0 Å². The van der Waals surface area contributed by atoms with Crippen LogP contribution in [0.5, 0.6) is 0 Å². The van der Waals surface area contributed by atoms with Crippen LogP contribution in [0.4, 0.5) is 0 Å². The third kappa shape index (κ3) is 9.44. The monoisotopic (exact) mass is 438 g/mol. The molecule has 1 aliphatic carbocycles. The van der Waals surface area contributed by atoms with E-state index in [1.807, 2.05) is 0 Å². The molecule has 6 heteroatoms. The number of allylic oxidation sites excluding steroid dienone is 2. The lowest BCUT2D eigenvalue weighted by molar-refractivity contribution is -0.162. The van der Waals surface area contributed by atoms with Crippen LogP contribution >= 0.6 is 0 Å². The number of methoxy groups -OCH3 is 3. The van der Waals surface area contributed by atoms with Crippen LogP contribution in [0.15, 0.2) is 12.2 Å². The van der Waals surface area contributed by atoms with Gasteiger partial charge >= 0.3 is 17.9 Å². The second kappa shape index (κ2) is 15.9. The van der Waals surface area contributed by atoms with E-state index < -0.39 is 11.8 Å². The van der Waals surface area contributed by atoms with Crippen LogP contribution in [0.25, 0.3) is 0 Å². The Morgan fingerprint density at radius 2 is 1.10 bits per heavy atom. The summed E-state index contributed by atoms with van der Waals surface area (Å²) in [4.78, 5) is 36.6. The lowest BCUT2D eigenvalue weighted by atomic mass is 9.67. The third-order valence-electron chi connectivity index (χ3n) is 6.40. The molecule has 0 aromatic carbocycles. The van der Waals surface area contributed by atoms with Crippen LogP contribution in [-0.4, -0.2) is 39.2 Å². The van der Waals surface area contributed by atoms with E-state index >= 15 is 0 Å². The summed E-state index contributed by atoms with van der Waals surface area (Å²) < 4.78 is 14.9. The maximum atomic E-state index is 12.7. The Kier molecular flexibility index (Phi) is 13.9. The molecule has 1 rings (SSSR count). The summed E-state index contributed by atoms with van der Waals surface area (Å²) in [6.07, 6.45) is 15.8. The van der Waals surface area contributed by atoms with Crippen molar-refractivity contribution < 1.29 is 28.6 Å². The number of unbranched alkanes of at least 4 members (excludes halogenated alkanes) is 7. The van der Waals surface area contributed by atoms with Gasteiger partial charge in [-0.15, -0.1) is 0 Å². The highest BCUT2D eigenvalue weighted by Gasteiger charge is 2.45. The van der Waals surface area contributed by atoms with Gasteiger partial charge in [-0.2, -0.15) is 0 Å². The average molecular weight is 439 g/mol. The number of carbonyl (C=O) groups excluding carboxylic acids is 3. The summed E-state index contributed by atoms with van der Waals surface area (Å²) in [6.45, 7) is 2.19. The second-order valence-corrected chi connectivity index (χ2v) is 8.54. The van der Waals surface area contributed by atoms with Gasteiger partial charge in [0.25, 0.3) is 0 Å². The Balaban J connectivity index is 2.74. The van der Waals surface area contributed by atoms with Gasteiger partial charge in [0.15, 0.2) is 0 Å². The predicted octanol–water partition coefficient (Wildman–Crippen LogP) is 5.24. The van der Waals surface area contributed by atoms with Gasteiger partial charge in [-0.05, 0) is 31.1 Å². The number of carbonyl (C=O) groups is 3. The molecule has 178 valence electrons. The Hall–Kier alpha value is -1.85. The highest BCUT2D eigenvalue weighted by Crippen LogP contribution is 2.40. The molecule has 1 aliphatic rings. The molecule has 0 spiro atoms. The summed E-state index contributed by atoms with van der Waals surface area (Å²) in [6, 6.07) is 0. The van der Waals surface area contributed by atoms with Crippen molar-refractivity contribution in [2.24, 2.45) is 23.7 Å². The predicted molar refractivity (Wildman–Crippen MR) is 120 cm³/mol. The van der Waals surface area contributed by atoms with Crippen molar-refractivity contribution in [2.75, 3.05) is 21.3 Å². The van der Waals surface area contributed by atoms with Gasteiger partial charge in [0.2, 0.25) is 0 Å². The van der Waals surface area contributed by atoms with Gasteiger partial charge in [-0.3, -0.25) is 14.4 Å². The van der Waals surface area contributed by atoms with E-state index in [0.29, 0.717) is 6.42 Å². The van der Waals surface area contributed by atoms with Crippen LogP contribution in [0.2, 0.25) is 0 Å². The van der Waals surface area contributed by atoms with E-state index in [1.165, 1.54) is 40.6 Å². The summed E-state index contributed by atoms with van der Waals surface area (Å²) >= 11 is 0. The number of hydrogen-bond donors (Lipinski definition) is 0. The van der Waals surface area contributed by atoms with E-state index in [9.17, 15) is 14.4 Å². The average Bonchev–Trinajstić information content (AvgIpc) is 2.79. The molecule has 0 amide bonds. The van der Waals surface area contributed by atoms with Gasteiger partial charge in [0.05, 0.1) is 33.2 Å². The van der Waals surface area contributed by atoms with Gasteiger partial charge in [-0.1, -0.05) is 70.4 Å². The molecule has 0 saturated carbocycles. The number of ether oxygens (including phenoxy) is 3. The molecule has 0 bridgehead atoms. The van der Waals surface area contributed by atoms with Crippen molar-refractivity contribution >= 4 is 17.9 Å². The molecule has 0 aromatic heterocycles. The van der Waals surface area contributed by atoms with Crippen molar-refractivity contribution in [2.45, 2.75) is 84.0 Å². The fraction of sp³-hybridized carbons (Fsp3) is 0.800. The van der Waals surface area contributed by atoms with Crippen LogP contribution < -0.4 is 0 Å². The Morgan fingerprint density at radius 3 is 1.52 bits per heavy atom. The molecule has 0 fully saturated rings. The highest BCUT2D eigenvalue weighted by molar-refractivity contribution is 5.83. The van der Waals surface area contributed by atoms with Crippen molar-refractivity contribution in [3.63, 3.8) is 0 Å². The first-order valence-electron chi connectivity index (χ1n) is 11.9. The zero-order chi connectivity index (χ0) is 23.1. The largest absolute Gasteiger partial charge is 0.469 e. The number of rotatable bonds is 15. The van der Waals surface area contributed by atoms with Gasteiger partial charge in [-0.25, -0.2) is 0 Å². The first-order chi connectivity index (χ1) is 15.0. The molecule has 0 unspecified atom stereocenters. The van der Waals surface area contributed by atoms with E-state index in [4.69, 9.17) is 9.47 Å². The van der Waals surface area contributed by atoms with Gasteiger partial charge in [0, 0.05) is 6.42 Å². The van der Waals surface area contributed by atoms with Crippen molar-refractivity contribution in [1.29, 1.82) is 0 Å². The summed E-state index contributed by atoms with van der Waals surface area (Å²) in [5, 5.41) is 0. The molecule has 31 heavy (non-hydrogen) atoms. The van der Waals surface area contributed by atoms with Gasteiger partial charge in [0.1, 0.15) is 0 Å². The number of hydrogen-bond acceptors (Lipinski definition) is 6. The Labute approximate surface area is 188 Å². The quantitative estimate of drug-likeness (QED) is 0.151. The number of esters is 3. The third-order valence-corrected chi connectivity index (χ3v) is 6.40. The SMILES string of the molecule is CCCCCCC[C@H]1C=C[C@@H](CCCCCCC(=O)OC)[C@@H](C(=O)OC)[C@H]1C(=O)OC. The Bertz CT molecular complexity index is 570. The lowest BCUT2D eigenvalue weighted by Crippen LogP contribution is -2.42. The molecule has 0 aliphatic heterocycles. The smallest absolute Gasteiger partial charge is 0.310 e. The molecule has 0 aromatic rings. The minimum absolute atomic E-state index is 0.00878. The molecule has 4 atom stereocenters.